The third-order valence-electron chi connectivity index (χ3n) is 4.15. The number of ether oxygens (including phenoxy) is 1. The van der Waals surface area contributed by atoms with Crippen LogP contribution in [0.1, 0.15) is 17.5 Å². The van der Waals surface area contributed by atoms with E-state index in [1.807, 2.05) is 29.9 Å². The van der Waals surface area contributed by atoms with Crippen molar-refractivity contribution >= 4 is 17.0 Å². The number of nitrogens with one attached hydrogen (secondary N) is 2. The molecular weight excluding hydrogens is 335 g/mol. The molecular formula is C19H21FN4O2. The largest absolute Gasteiger partial charge is 0.412 e. The normalized spacial score (nSPS) is 10.7. The highest BCUT2D eigenvalue weighted by atomic mass is 19.1. The van der Waals surface area contributed by atoms with Crippen molar-refractivity contribution in [1.29, 1.82) is 0 Å². The molecule has 0 saturated carbocycles. The Hall–Kier alpha value is -3.09. The molecule has 2 heterocycles. The predicted octanol–water partition coefficient (Wildman–Crippen LogP) is 3.38. The van der Waals surface area contributed by atoms with Gasteiger partial charge in [0.25, 0.3) is 0 Å². The Morgan fingerprint density at radius 1 is 1.35 bits per heavy atom. The van der Waals surface area contributed by atoms with Crippen LogP contribution in [0.25, 0.3) is 10.9 Å². The van der Waals surface area contributed by atoms with Gasteiger partial charge >= 0.3 is 6.09 Å². The lowest BCUT2D eigenvalue weighted by molar-refractivity contribution is 0.203. The summed E-state index contributed by atoms with van der Waals surface area (Å²) in [6, 6.07) is 7.20. The predicted molar refractivity (Wildman–Crippen MR) is 98.5 cm³/mol. The van der Waals surface area contributed by atoms with Gasteiger partial charge in [-0.3, -0.25) is 9.66 Å². The number of nitrogens with zero attached hydrogens (tertiary/aromatic N) is 2. The smallest absolute Gasteiger partial charge is 0.410 e. The Labute approximate surface area is 151 Å². The fourth-order valence-corrected chi connectivity index (χ4v) is 2.81. The molecule has 0 radical (unpaired) electrons. The monoisotopic (exact) mass is 356 g/mol. The summed E-state index contributed by atoms with van der Waals surface area (Å²) < 4.78 is 20.7. The van der Waals surface area contributed by atoms with Crippen LogP contribution in [-0.2, 0) is 6.42 Å². The number of hydrogen-bond acceptors (Lipinski definition) is 4. The van der Waals surface area contributed by atoms with E-state index in [0.717, 1.165) is 22.9 Å². The Morgan fingerprint density at radius 3 is 2.96 bits per heavy atom. The van der Waals surface area contributed by atoms with Crippen LogP contribution in [0.15, 0.2) is 42.9 Å². The van der Waals surface area contributed by atoms with Crippen molar-refractivity contribution < 1.29 is 13.9 Å². The summed E-state index contributed by atoms with van der Waals surface area (Å²) in [7, 11) is 1.52. The molecule has 0 fully saturated rings. The standard InChI is InChI=1S/C19H21FN4O2/c1-13-12-24(23-8-3-4-14-7-9-22-11-17(14)20)18-6-5-15(10-16(13)18)26-19(25)21-2/h5-7,9-12,23H,3-4,8H2,1-2H3,(H,21,25). The minimum Gasteiger partial charge on any atom is -0.410 e. The van der Waals surface area contributed by atoms with Crippen molar-refractivity contribution in [2.75, 3.05) is 19.0 Å². The van der Waals surface area contributed by atoms with Gasteiger partial charge in [-0.25, -0.2) is 9.18 Å². The minimum atomic E-state index is -0.497. The number of rotatable bonds is 6. The SMILES string of the molecule is CNC(=O)Oc1ccc2c(c1)c(C)cn2NCCCc1ccncc1F. The van der Waals surface area contributed by atoms with Gasteiger partial charge in [0.05, 0.1) is 11.7 Å². The van der Waals surface area contributed by atoms with Crippen LogP contribution in [0.3, 0.4) is 0 Å². The number of amides is 1. The van der Waals surface area contributed by atoms with Crippen LogP contribution in [-0.4, -0.2) is 29.3 Å². The van der Waals surface area contributed by atoms with Gasteiger partial charge in [0, 0.05) is 31.4 Å². The van der Waals surface area contributed by atoms with Crippen LogP contribution >= 0.6 is 0 Å². The molecule has 0 spiro atoms. The molecule has 2 aromatic heterocycles. The molecule has 0 aliphatic carbocycles. The van der Waals surface area contributed by atoms with E-state index in [9.17, 15) is 9.18 Å². The van der Waals surface area contributed by atoms with Gasteiger partial charge in [-0.2, -0.15) is 0 Å². The molecule has 1 aromatic carbocycles. The Bertz CT molecular complexity index is 923. The fourth-order valence-electron chi connectivity index (χ4n) is 2.81. The van der Waals surface area contributed by atoms with E-state index in [1.165, 1.54) is 13.2 Å². The quantitative estimate of drug-likeness (QED) is 0.665. The Balaban J connectivity index is 1.65. The van der Waals surface area contributed by atoms with Gasteiger partial charge in [0.15, 0.2) is 0 Å². The third kappa shape index (κ3) is 3.93. The lowest BCUT2D eigenvalue weighted by Crippen LogP contribution is -2.22. The second-order valence-corrected chi connectivity index (χ2v) is 5.98. The number of aryl methyl sites for hydroxylation is 2. The van der Waals surface area contributed by atoms with Gasteiger partial charge < -0.3 is 15.5 Å². The summed E-state index contributed by atoms with van der Waals surface area (Å²) in [4.78, 5) is 15.1. The highest BCUT2D eigenvalue weighted by Crippen LogP contribution is 2.25. The average Bonchev–Trinajstić information content (AvgIpc) is 2.95. The number of aromatic nitrogens is 2. The number of pyridine rings is 1. The number of benzene rings is 1. The summed E-state index contributed by atoms with van der Waals surface area (Å²) in [5, 5.41) is 3.42. The maximum Gasteiger partial charge on any atom is 0.412 e. The van der Waals surface area contributed by atoms with Crippen molar-refractivity contribution in [3.05, 3.63) is 59.8 Å². The zero-order valence-electron chi connectivity index (χ0n) is 14.8. The van der Waals surface area contributed by atoms with Crippen LogP contribution in [0.4, 0.5) is 9.18 Å². The van der Waals surface area contributed by atoms with Gasteiger partial charge in [0.2, 0.25) is 0 Å². The number of halogens is 1. The van der Waals surface area contributed by atoms with E-state index in [4.69, 9.17) is 4.74 Å². The number of carbonyl (C=O) groups is 1. The Kier molecular flexibility index (Phi) is 5.36. The van der Waals surface area contributed by atoms with Crippen molar-refractivity contribution in [3.63, 3.8) is 0 Å². The number of carbonyl (C=O) groups excluding carboxylic acids is 1. The van der Waals surface area contributed by atoms with Gasteiger partial charge in [-0.05, 0) is 55.2 Å². The molecule has 26 heavy (non-hydrogen) atoms. The first-order chi connectivity index (χ1) is 12.6. The van der Waals surface area contributed by atoms with Gasteiger partial charge in [-0.1, -0.05) is 0 Å². The van der Waals surface area contributed by atoms with Crippen LogP contribution in [0.5, 0.6) is 5.75 Å². The molecule has 0 bridgehead atoms. The summed E-state index contributed by atoms with van der Waals surface area (Å²) in [5.74, 6) is 0.226. The van der Waals surface area contributed by atoms with Crippen molar-refractivity contribution in [3.8, 4) is 5.75 Å². The number of hydrogen-bond donors (Lipinski definition) is 2. The molecule has 0 aliphatic heterocycles. The third-order valence-corrected chi connectivity index (χ3v) is 4.15. The maximum atomic E-state index is 13.6. The molecule has 0 unspecified atom stereocenters. The minimum absolute atomic E-state index is 0.265. The molecule has 7 heteroatoms. The van der Waals surface area contributed by atoms with Crippen LogP contribution in [0.2, 0.25) is 0 Å². The van der Waals surface area contributed by atoms with Crippen LogP contribution in [0, 0.1) is 12.7 Å². The lowest BCUT2D eigenvalue weighted by atomic mass is 10.1. The maximum absolute atomic E-state index is 13.6. The van der Waals surface area contributed by atoms with Crippen molar-refractivity contribution in [2.24, 2.45) is 0 Å². The first-order valence-corrected chi connectivity index (χ1v) is 8.42. The molecule has 3 aromatic rings. The van der Waals surface area contributed by atoms with E-state index in [1.54, 1.807) is 18.3 Å². The summed E-state index contributed by atoms with van der Waals surface area (Å²) in [6.45, 7) is 2.69. The molecule has 136 valence electrons. The molecule has 2 N–H and O–H groups in total. The molecule has 0 saturated heterocycles. The molecule has 6 nitrogen and oxygen atoms in total. The van der Waals surface area contributed by atoms with E-state index in [2.05, 4.69) is 15.7 Å². The molecule has 0 aliphatic rings. The van der Waals surface area contributed by atoms with Gasteiger partial charge in [-0.15, -0.1) is 0 Å². The van der Waals surface area contributed by atoms with Crippen LogP contribution < -0.4 is 15.5 Å². The number of fused-ring (bicyclic) bond motifs is 1. The highest BCUT2D eigenvalue weighted by Gasteiger charge is 2.09. The van der Waals surface area contributed by atoms with E-state index in [0.29, 0.717) is 24.3 Å². The lowest BCUT2D eigenvalue weighted by Gasteiger charge is -2.10. The zero-order valence-corrected chi connectivity index (χ0v) is 14.8. The molecule has 3 rings (SSSR count). The summed E-state index contributed by atoms with van der Waals surface area (Å²) >= 11 is 0. The summed E-state index contributed by atoms with van der Waals surface area (Å²) in [6.07, 6.45) is 5.77. The second kappa shape index (κ2) is 7.86. The molecule has 0 atom stereocenters. The van der Waals surface area contributed by atoms with Crippen molar-refractivity contribution in [1.82, 2.24) is 15.0 Å². The average molecular weight is 356 g/mol. The first-order valence-electron chi connectivity index (χ1n) is 8.42. The van der Waals surface area contributed by atoms with Crippen molar-refractivity contribution in [2.45, 2.75) is 19.8 Å². The highest BCUT2D eigenvalue weighted by molar-refractivity contribution is 5.86. The van der Waals surface area contributed by atoms with Gasteiger partial charge in [0.1, 0.15) is 11.6 Å². The first kappa shape index (κ1) is 17.7. The fraction of sp³-hybridized carbons (Fsp3) is 0.263. The van der Waals surface area contributed by atoms with E-state index < -0.39 is 6.09 Å². The van der Waals surface area contributed by atoms with E-state index >= 15 is 0 Å². The summed E-state index contributed by atoms with van der Waals surface area (Å²) in [5.41, 5.74) is 6.05. The van der Waals surface area contributed by atoms with E-state index in [-0.39, 0.29) is 5.82 Å². The second-order valence-electron chi connectivity index (χ2n) is 5.98. The Morgan fingerprint density at radius 2 is 2.19 bits per heavy atom. The zero-order chi connectivity index (χ0) is 18.5. The molecule has 1 amide bonds. The topological polar surface area (TPSA) is 68.2 Å².